The van der Waals surface area contributed by atoms with Crippen molar-refractivity contribution in [2.24, 2.45) is 5.92 Å². The quantitative estimate of drug-likeness (QED) is 0.912. The lowest BCUT2D eigenvalue weighted by Gasteiger charge is -2.31. The summed E-state index contributed by atoms with van der Waals surface area (Å²) in [4.78, 5) is 12.5. The number of benzene rings is 1. The molecule has 0 radical (unpaired) electrons. The number of rotatable bonds is 4. The first-order valence-electron chi connectivity index (χ1n) is 8.37. The maximum absolute atomic E-state index is 12.5. The lowest BCUT2D eigenvalue weighted by atomic mass is 9.96. The van der Waals surface area contributed by atoms with Gasteiger partial charge >= 0.3 is 0 Å². The van der Waals surface area contributed by atoms with Crippen molar-refractivity contribution in [1.82, 2.24) is 9.62 Å². The molecule has 1 amide bonds. The van der Waals surface area contributed by atoms with Crippen LogP contribution in [0.3, 0.4) is 0 Å². The van der Waals surface area contributed by atoms with Crippen LogP contribution >= 0.6 is 0 Å². The molecular formula is C17H24N2O3S. The number of carbonyl (C=O) groups is 1. The molecule has 5 nitrogen and oxygen atoms in total. The van der Waals surface area contributed by atoms with Gasteiger partial charge in [0, 0.05) is 19.0 Å². The molecule has 1 aliphatic carbocycles. The van der Waals surface area contributed by atoms with Gasteiger partial charge < -0.3 is 5.32 Å². The van der Waals surface area contributed by atoms with E-state index in [4.69, 9.17) is 0 Å². The van der Waals surface area contributed by atoms with E-state index in [1.807, 2.05) is 12.1 Å². The topological polar surface area (TPSA) is 66.5 Å². The molecule has 1 aliphatic heterocycles. The van der Waals surface area contributed by atoms with Crippen molar-refractivity contribution in [2.45, 2.75) is 38.6 Å². The molecule has 1 N–H and O–H groups in total. The van der Waals surface area contributed by atoms with E-state index < -0.39 is 10.0 Å². The van der Waals surface area contributed by atoms with Crippen LogP contribution in [0.15, 0.2) is 24.3 Å². The molecule has 6 heteroatoms. The molecule has 3 rings (SSSR count). The van der Waals surface area contributed by atoms with Crippen LogP contribution in [0.2, 0.25) is 0 Å². The maximum Gasteiger partial charge on any atom is 0.223 e. The first kappa shape index (κ1) is 16.5. The van der Waals surface area contributed by atoms with Gasteiger partial charge in [-0.3, -0.25) is 4.79 Å². The lowest BCUT2D eigenvalue weighted by Crippen LogP contribution is -2.43. The van der Waals surface area contributed by atoms with E-state index >= 15 is 0 Å². The highest BCUT2D eigenvalue weighted by atomic mass is 32.2. The average Bonchev–Trinajstić information content (AvgIpc) is 2.98. The summed E-state index contributed by atoms with van der Waals surface area (Å²) in [5.74, 6) is 0.120. The minimum Gasteiger partial charge on any atom is -0.349 e. The summed E-state index contributed by atoms with van der Waals surface area (Å²) in [6.45, 7) is 2.57. The van der Waals surface area contributed by atoms with E-state index in [1.165, 1.54) is 15.4 Å². The van der Waals surface area contributed by atoms with E-state index in [1.54, 1.807) is 6.92 Å². The third-order valence-corrected chi connectivity index (χ3v) is 6.91. The predicted molar refractivity (Wildman–Crippen MR) is 89.4 cm³/mol. The zero-order valence-corrected chi connectivity index (χ0v) is 14.3. The fourth-order valence-corrected chi connectivity index (χ4v) is 4.71. The highest BCUT2D eigenvalue weighted by Crippen LogP contribution is 2.31. The van der Waals surface area contributed by atoms with Gasteiger partial charge in [0.15, 0.2) is 0 Å². The SMILES string of the molecule is CCS(=O)(=O)N1CCC(C(=O)NC2CCc3ccccc32)CC1. The van der Waals surface area contributed by atoms with Gasteiger partial charge in [-0.25, -0.2) is 12.7 Å². The monoisotopic (exact) mass is 336 g/mol. The first-order valence-corrected chi connectivity index (χ1v) is 9.98. The van der Waals surface area contributed by atoms with Crippen LogP contribution in [0.5, 0.6) is 0 Å². The summed E-state index contributed by atoms with van der Waals surface area (Å²) >= 11 is 0. The Hall–Kier alpha value is -1.40. The number of aryl methyl sites for hydroxylation is 1. The maximum atomic E-state index is 12.5. The Balaban J connectivity index is 1.57. The second-order valence-electron chi connectivity index (χ2n) is 6.37. The Labute approximate surface area is 138 Å². The molecule has 2 aliphatic rings. The standard InChI is InChI=1S/C17H24N2O3S/c1-2-23(21,22)19-11-9-14(10-12-19)17(20)18-16-8-7-13-5-3-4-6-15(13)16/h3-6,14,16H,2,7-12H2,1H3,(H,18,20). The molecule has 1 fully saturated rings. The van der Waals surface area contributed by atoms with Crippen molar-refractivity contribution in [3.05, 3.63) is 35.4 Å². The Morgan fingerprint density at radius 2 is 1.91 bits per heavy atom. The second kappa shape index (κ2) is 6.61. The van der Waals surface area contributed by atoms with Crippen molar-refractivity contribution in [3.8, 4) is 0 Å². The third kappa shape index (κ3) is 3.43. The number of hydrogen-bond acceptors (Lipinski definition) is 3. The molecule has 1 atom stereocenters. The fourth-order valence-electron chi connectivity index (χ4n) is 3.58. The van der Waals surface area contributed by atoms with Crippen molar-refractivity contribution >= 4 is 15.9 Å². The Bertz CT molecular complexity index is 679. The van der Waals surface area contributed by atoms with E-state index in [0.717, 1.165) is 12.8 Å². The fraction of sp³-hybridized carbons (Fsp3) is 0.588. The van der Waals surface area contributed by atoms with Crippen molar-refractivity contribution in [3.63, 3.8) is 0 Å². The second-order valence-corrected chi connectivity index (χ2v) is 8.63. The van der Waals surface area contributed by atoms with E-state index in [0.29, 0.717) is 25.9 Å². The Morgan fingerprint density at radius 3 is 2.61 bits per heavy atom. The van der Waals surface area contributed by atoms with Gasteiger partial charge in [0.05, 0.1) is 11.8 Å². The molecule has 0 saturated carbocycles. The van der Waals surface area contributed by atoms with Gasteiger partial charge in [-0.05, 0) is 43.7 Å². The number of fused-ring (bicyclic) bond motifs is 1. The number of piperidine rings is 1. The van der Waals surface area contributed by atoms with Crippen LogP contribution in [0.25, 0.3) is 0 Å². The Kier molecular flexibility index (Phi) is 4.73. The summed E-state index contributed by atoms with van der Waals surface area (Å²) in [6, 6.07) is 8.36. The third-order valence-electron chi connectivity index (χ3n) is 5.03. The van der Waals surface area contributed by atoms with Gasteiger partial charge in [0.25, 0.3) is 0 Å². The lowest BCUT2D eigenvalue weighted by molar-refractivity contribution is -0.126. The van der Waals surface area contributed by atoms with Gasteiger partial charge in [-0.15, -0.1) is 0 Å². The van der Waals surface area contributed by atoms with Crippen molar-refractivity contribution < 1.29 is 13.2 Å². The van der Waals surface area contributed by atoms with E-state index in [-0.39, 0.29) is 23.6 Å². The summed E-state index contributed by atoms with van der Waals surface area (Å²) in [5.41, 5.74) is 2.55. The van der Waals surface area contributed by atoms with Gasteiger partial charge in [0.2, 0.25) is 15.9 Å². The molecule has 1 aromatic rings. The van der Waals surface area contributed by atoms with Crippen LogP contribution in [-0.4, -0.2) is 37.5 Å². The van der Waals surface area contributed by atoms with E-state index in [2.05, 4.69) is 17.4 Å². The molecule has 1 unspecified atom stereocenters. The molecule has 0 bridgehead atoms. The van der Waals surface area contributed by atoms with Gasteiger partial charge in [0.1, 0.15) is 0 Å². The summed E-state index contributed by atoms with van der Waals surface area (Å²) in [5, 5.41) is 3.17. The smallest absolute Gasteiger partial charge is 0.223 e. The molecule has 23 heavy (non-hydrogen) atoms. The Morgan fingerprint density at radius 1 is 1.22 bits per heavy atom. The summed E-state index contributed by atoms with van der Waals surface area (Å²) in [7, 11) is -3.13. The number of carbonyl (C=O) groups excluding carboxylic acids is 1. The van der Waals surface area contributed by atoms with Crippen molar-refractivity contribution in [1.29, 1.82) is 0 Å². The van der Waals surface area contributed by atoms with Crippen LogP contribution in [0.4, 0.5) is 0 Å². The minimum atomic E-state index is -3.13. The highest BCUT2D eigenvalue weighted by Gasteiger charge is 2.32. The number of hydrogen-bond donors (Lipinski definition) is 1. The molecule has 126 valence electrons. The number of sulfonamides is 1. The first-order chi connectivity index (χ1) is 11.0. The number of nitrogens with one attached hydrogen (secondary N) is 1. The largest absolute Gasteiger partial charge is 0.349 e. The van der Waals surface area contributed by atoms with Crippen LogP contribution in [0.1, 0.15) is 43.4 Å². The molecule has 1 aromatic carbocycles. The normalized spacial score (nSPS) is 22.7. The molecular weight excluding hydrogens is 312 g/mol. The zero-order chi connectivity index (χ0) is 16.4. The average molecular weight is 336 g/mol. The zero-order valence-electron chi connectivity index (χ0n) is 13.5. The molecule has 0 spiro atoms. The predicted octanol–water partition coefficient (Wildman–Crippen LogP) is 1.85. The van der Waals surface area contributed by atoms with Crippen LogP contribution < -0.4 is 5.32 Å². The van der Waals surface area contributed by atoms with Gasteiger partial charge in [-0.2, -0.15) is 0 Å². The van der Waals surface area contributed by atoms with E-state index in [9.17, 15) is 13.2 Å². The minimum absolute atomic E-state index is 0.0697. The van der Waals surface area contributed by atoms with Crippen LogP contribution in [-0.2, 0) is 21.2 Å². The highest BCUT2D eigenvalue weighted by molar-refractivity contribution is 7.89. The van der Waals surface area contributed by atoms with Gasteiger partial charge in [-0.1, -0.05) is 24.3 Å². The van der Waals surface area contributed by atoms with Crippen LogP contribution in [0, 0.1) is 5.92 Å². The number of nitrogens with zero attached hydrogens (tertiary/aromatic N) is 1. The molecule has 1 heterocycles. The summed E-state index contributed by atoms with van der Waals surface area (Å²) < 4.78 is 25.3. The molecule has 0 aromatic heterocycles. The summed E-state index contributed by atoms with van der Waals surface area (Å²) in [6.07, 6.45) is 3.18. The van der Waals surface area contributed by atoms with Crippen molar-refractivity contribution in [2.75, 3.05) is 18.8 Å². The number of amides is 1. The molecule has 1 saturated heterocycles.